The van der Waals surface area contributed by atoms with Crippen LogP contribution in [0, 0.1) is 11.6 Å². The van der Waals surface area contributed by atoms with E-state index in [2.05, 4.69) is 31.9 Å². The molecule has 0 heterocycles. The highest BCUT2D eigenvalue weighted by Gasteiger charge is 2.14. The molecule has 0 bridgehead atoms. The first-order valence-electron chi connectivity index (χ1n) is 2.86. The predicted octanol–water partition coefficient (Wildman–Crippen LogP) is 3.30. The topological polar surface area (TPSA) is 17.1 Å². The van der Waals surface area contributed by atoms with Crippen LogP contribution in [-0.4, -0.2) is 6.29 Å². The van der Waals surface area contributed by atoms with Gasteiger partial charge in [-0.15, -0.1) is 0 Å². The Labute approximate surface area is 84.0 Å². The fourth-order valence-electron chi connectivity index (χ4n) is 0.677. The summed E-state index contributed by atoms with van der Waals surface area (Å²) in [5.41, 5.74) is 0.0702. The van der Waals surface area contributed by atoms with Crippen molar-refractivity contribution in [1.29, 1.82) is 0 Å². The number of benzene rings is 1. The van der Waals surface area contributed by atoms with E-state index in [1.54, 1.807) is 0 Å². The summed E-state index contributed by atoms with van der Waals surface area (Å²) in [4.78, 5) is 10.3. The molecule has 0 radical (unpaired) electrons. The van der Waals surface area contributed by atoms with Gasteiger partial charge in [0.15, 0.2) is 17.9 Å². The zero-order valence-corrected chi connectivity index (χ0v) is 8.75. The van der Waals surface area contributed by atoms with E-state index in [0.29, 0.717) is 6.29 Å². The normalized spacial score (nSPS) is 10.0. The van der Waals surface area contributed by atoms with E-state index in [-0.39, 0.29) is 14.5 Å². The van der Waals surface area contributed by atoms with Crippen molar-refractivity contribution >= 4 is 38.1 Å². The van der Waals surface area contributed by atoms with Crippen molar-refractivity contribution < 1.29 is 13.6 Å². The molecule has 0 spiro atoms. The number of hydrogen-bond acceptors (Lipinski definition) is 1. The van der Waals surface area contributed by atoms with Crippen LogP contribution in [0.1, 0.15) is 10.4 Å². The van der Waals surface area contributed by atoms with Gasteiger partial charge in [-0.05, 0) is 37.9 Å². The Morgan fingerprint density at radius 2 is 1.83 bits per heavy atom. The van der Waals surface area contributed by atoms with Gasteiger partial charge in [0.2, 0.25) is 0 Å². The van der Waals surface area contributed by atoms with E-state index in [0.717, 1.165) is 0 Å². The summed E-state index contributed by atoms with van der Waals surface area (Å²) in [6.07, 6.45) is 0.442. The maximum atomic E-state index is 12.8. The minimum atomic E-state index is -1.06. The second-order valence-electron chi connectivity index (χ2n) is 2.01. The molecule has 0 amide bonds. The van der Waals surface area contributed by atoms with Gasteiger partial charge >= 0.3 is 0 Å². The molecule has 64 valence electrons. The van der Waals surface area contributed by atoms with Gasteiger partial charge in [0.1, 0.15) is 0 Å². The smallest absolute Gasteiger partial charge is 0.174 e. The minimum Gasteiger partial charge on any atom is -0.298 e. The molecule has 0 aliphatic carbocycles. The van der Waals surface area contributed by atoms with Crippen LogP contribution in [0.15, 0.2) is 15.0 Å². The maximum absolute atomic E-state index is 12.8. The second kappa shape index (κ2) is 3.62. The van der Waals surface area contributed by atoms with Gasteiger partial charge in [-0.2, -0.15) is 0 Å². The SMILES string of the molecule is O=Cc1cc(Br)c(F)c(F)c1Br. The molecule has 1 nitrogen and oxygen atoms in total. The first-order valence-corrected chi connectivity index (χ1v) is 4.44. The Balaban J connectivity index is 3.49. The minimum absolute atomic E-state index is 0.0645. The Morgan fingerprint density at radius 1 is 1.25 bits per heavy atom. The standard InChI is InChI=1S/C7H2Br2F2O/c8-4-1-3(2-12)5(9)7(11)6(4)10/h1-2H. The van der Waals surface area contributed by atoms with E-state index < -0.39 is 11.6 Å². The fraction of sp³-hybridized carbons (Fsp3) is 0. The van der Waals surface area contributed by atoms with Crippen LogP contribution in [0.5, 0.6) is 0 Å². The van der Waals surface area contributed by atoms with Crippen LogP contribution in [0.3, 0.4) is 0 Å². The lowest BCUT2D eigenvalue weighted by Crippen LogP contribution is -1.93. The first kappa shape index (κ1) is 9.80. The van der Waals surface area contributed by atoms with E-state index in [1.807, 2.05) is 0 Å². The molecule has 1 aromatic carbocycles. The summed E-state index contributed by atoms with van der Waals surface area (Å²) in [6, 6.07) is 1.20. The quantitative estimate of drug-likeness (QED) is 0.442. The molecule has 0 aromatic heterocycles. The Kier molecular flexibility index (Phi) is 2.95. The number of rotatable bonds is 1. The van der Waals surface area contributed by atoms with Crippen molar-refractivity contribution in [3.05, 3.63) is 32.2 Å². The molecule has 0 unspecified atom stereocenters. The molecule has 0 fully saturated rings. The summed E-state index contributed by atoms with van der Waals surface area (Å²) < 4.78 is 25.3. The summed E-state index contributed by atoms with van der Waals surface area (Å²) in [5.74, 6) is -2.07. The molecule has 5 heteroatoms. The average Bonchev–Trinajstić information content (AvgIpc) is 2.08. The van der Waals surface area contributed by atoms with Crippen molar-refractivity contribution in [3.8, 4) is 0 Å². The molecule has 0 saturated heterocycles. The third-order valence-corrected chi connectivity index (χ3v) is 2.64. The first-order chi connectivity index (χ1) is 5.57. The van der Waals surface area contributed by atoms with E-state index in [4.69, 9.17) is 0 Å². The third-order valence-electron chi connectivity index (χ3n) is 1.26. The molecule has 0 N–H and O–H groups in total. The van der Waals surface area contributed by atoms with Gasteiger partial charge in [-0.3, -0.25) is 4.79 Å². The molecule has 0 atom stereocenters. The molecule has 1 rings (SSSR count). The zero-order valence-electron chi connectivity index (χ0n) is 5.57. The number of halogens is 4. The number of carbonyl (C=O) groups is 1. The van der Waals surface area contributed by atoms with Crippen LogP contribution >= 0.6 is 31.9 Å². The summed E-state index contributed by atoms with van der Waals surface area (Å²) in [7, 11) is 0. The van der Waals surface area contributed by atoms with E-state index in [9.17, 15) is 13.6 Å². The lowest BCUT2D eigenvalue weighted by molar-refractivity contribution is 0.112. The Morgan fingerprint density at radius 3 is 2.33 bits per heavy atom. The predicted molar refractivity (Wildman–Crippen MR) is 47.1 cm³/mol. The molecule has 0 aliphatic rings. The molecule has 0 saturated carbocycles. The van der Waals surface area contributed by atoms with E-state index >= 15 is 0 Å². The maximum Gasteiger partial charge on any atom is 0.174 e. The average molecular weight is 300 g/mol. The lowest BCUT2D eigenvalue weighted by atomic mass is 10.2. The Hall–Kier alpha value is -0.290. The summed E-state index contributed by atoms with van der Waals surface area (Å²) >= 11 is 5.54. The van der Waals surface area contributed by atoms with Gasteiger partial charge in [0, 0.05) is 5.56 Å². The van der Waals surface area contributed by atoms with Crippen molar-refractivity contribution in [2.24, 2.45) is 0 Å². The van der Waals surface area contributed by atoms with Gasteiger partial charge in [0.25, 0.3) is 0 Å². The Bertz CT molecular complexity index is 339. The van der Waals surface area contributed by atoms with Crippen molar-refractivity contribution in [3.63, 3.8) is 0 Å². The van der Waals surface area contributed by atoms with Gasteiger partial charge in [-0.1, -0.05) is 0 Å². The highest BCUT2D eigenvalue weighted by Crippen LogP contribution is 2.27. The molecule has 0 aliphatic heterocycles. The van der Waals surface area contributed by atoms with Crippen LogP contribution in [0.4, 0.5) is 8.78 Å². The number of hydrogen-bond donors (Lipinski definition) is 0. The summed E-state index contributed by atoms with van der Waals surface area (Å²) in [6.45, 7) is 0. The van der Waals surface area contributed by atoms with E-state index in [1.165, 1.54) is 6.07 Å². The van der Waals surface area contributed by atoms with Gasteiger partial charge in [0.05, 0.1) is 8.95 Å². The fourth-order valence-corrected chi connectivity index (χ4v) is 1.48. The van der Waals surface area contributed by atoms with Crippen LogP contribution in [0.2, 0.25) is 0 Å². The van der Waals surface area contributed by atoms with Crippen LogP contribution in [-0.2, 0) is 0 Å². The van der Waals surface area contributed by atoms with Gasteiger partial charge in [-0.25, -0.2) is 8.78 Å². The lowest BCUT2D eigenvalue weighted by Gasteiger charge is -2.01. The molecule has 1 aromatic rings. The summed E-state index contributed by atoms with van der Waals surface area (Å²) in [5, 5.41) is 0. The largest absolute Gasteiger partial charge is 0.298 e. The molecular formula is C7H2Br2F2O. The number of carbonyl (C=O) groups excluding carboxylic acids is 1. The van der Waals surface area contributed by atoms with Crippen molar-refractivity contribution in [2.75, 3.05) is 0 Å². The van der Waals surface area contributed by atoms with Gasteiger partial charge < -0.3 is 0 Å². The molecule has 12 heavy (non-hydrogen) atoms. The highest BCUT2D eigenvalue weighted by atomic mass is 79.9. The zero-order chi connectivity index (χ0) is 9.30. The third kappa shape index (κ3) is 1.56. The highest BCUT2D eigenvalue weighted by molar-refractivity contribution is 9.11. The monoisotopic (exact) mass is 298 g/mol. The van der Waals surface area contributed by atoms with Crippen LogP contribution < -0.4 is 0 Å². The van der Waals surface area contributed by atoms with Crippen molar-refractivity contribution in [2.45, 2.75) is 0 Å². The number of aldehydes is 1. The van der Waals surface area contributed by atoms with Crippen molar-refractivity contribution in [1.82, 2.24) is 0 Å². The van der Waals surface area contributed by atoms with Crippen LogP contribution in [0.25, 0.3) is 0 Å². The molecular weight excluding hydrogens is 298 g/mol. The second-order valence-corrected chi connectivity index (χ2v) is 3.65.